The summed E-state index contributed by atoms with van der Waals surface area (Å²) in [4.78, 5) is 33.6. The highest BCUT2D eigenvalue weighted by Crippen LogP contribution is 2.22. The summed E-state index contributed by atoms with van der Waals surface area (Å²) >= 11 is 0. The molecule has 0 unspecified atom stereocenters. The van der Waals surface area contributed by atoms with Crippen molar-refractivity contribution in [2.75, 3.05) is 0 Å². The molecule has 0 spiro atoms. The van der Waals surface area contributed by atoms with Crippen LogP contribution in [0.2, 0.25) is 0 Å². The largest absolute Gasteiger partial charge is 0.316 e. The van der Waals surface area contributed by atoms with Crippen molar-refractivity contribution in [3.63, 3.8) is 0 Å². The van der Waals surface area contributed by atoms with Crippen molar-refractivity contribution in [3.8, 4) is 11.4 Å². The van der Waals surface area contributed by atoms with Crippen LogP contribution in [0.5, 0.6) is 0 Å². The van der Waals surface area contributed by atoms with Crippen LogP contribution in [0.25, 0.3) is 22.8 Å². The predicted molar refractivity (Wildman–Crippen MR) is 98.7 cm³/mol. The molecule has 4 heterocycles. The van der Waals surface area contributed by atoms with Gasteiger partial charge in [0.2, 0.25) is 11.2 Å². The third-order valence-electron chi connectivity index (χ3n) is 4.43. The molecular formula is C18H20N6O2. The molecule has 4 aromatic rings. The van der Waals surface area contributed by atoms with E-state index in [0.717, 1.165) is 0 Å². The van der Waals surface area contributed by atoms with Gasteiger partial charge in [-0.05, 0) is 27.7 Å². The molecule has 4 aromatic heterocycles. The molecule has 0 aliphatic rings. The molecule has 0 bridgehead atoms. The average molecular weight is 352 g/mol. The molecule has 0 saturated carbocycles. The van der Waals surface area contributed by atoms with E-state index in [9.17, 15) is 9.59 Å². The van der Waals surface area contributed by atoms with Crippen LogP contribution in [0.1, 0.15) is 39.8 Å². The minimum atomic E-state index is -0.182. The lowest BCUT2D eigenvalue weighted by atomic mass is 10.2. The van der Waals surface area contributed by atoms with Gasteiger partial charge in [0, 0.05) is 49.0 Å². The second kappa shape index (κ2) is 5.69. The summed E-state index contributed by atoms with van der Waals surface area (Å²) in [5, 5.41) is 0. The summed E-state index contributed by atoms with van der Waals surface area (Å²) in [5.74, 6) is 0.552. The van der Waals surface area contributed by atoms with Crippen molar-refractivity contribution < 1.29 is 0 Å². The van der Waals surface area contributed by atoms with Crippen molar-refractivity contribution in [3.05, 3.63) is 57.5 Å². The van der Waals surface area contributed by atoms with E-state index in [2.05, 4.69) is 9.97 Å². The smallest absolute Gasteiger partial charge is 0.258 e. The summed E-state index contributed by atoms with van der Waals surface area (Å²) in [6, 6.07) is 3.27. The van der Waals surface area contributed by atoms with Crippen LogP contribution in [-0.4, -0.2) is 28.1 Å². The molecule has 0 atom stereocenters. The van der Waals surface area contributed by atoms with Gasteiger partial charge in [-0.2, -0.15) is 0 Å². The fourth-order valence-corrected chi connectivity index (χ4v) is 3.27. The molecule has 0 saturated heterocycles. The number of nitrogens with zero attached hydrogens (tertiary/aromatic N) is 6. The fourth-order valence-electron chi connectivity index (χ4n) is 3.27. The molecular weight excluding hydrogens is 332 g/mol. The van der Waals surface area contributed by atoms with Gasteiger partial charge in [-0.3, -0.25) is 18.7 Å². The quantitative estimate of drug-likeness (QED) is 0.566. The van der Waals surface area contributed by atoms with Gasteiger partial charge in [0.15, 0.2) is 5.65 Å². The minimum absolute atomic E-state index is 0.0658. The van der Waals surface area contributed by atoms with Gasteiger partial charge in [0.1, 0.15) is 5.69 Å². The molecule has 4 rings (SSSR count). The van der Waals surface area contributed by atoms with Crippen molar-refractivity contribution >= 4 is 11.4 Å². The molecule has 0 amide bonds. The monoisotopic (exact) mass is 352 g/mol. The zero-order chi connectivity index (χ0) is 18.6. The predicted octanol–water partition coefficient (Wildman–Crippen LogP) is 2.13. The van der Waals surface area contributed by atoms with Crippen LogP contribution >= 0.6 is 0 Å². The lowest BCUT2D eigenvalue weighted by Gasteiger charge is -2.18. The lowest BCUT2D eigenvalue weighted by molar-refractivity contribution is 0.500. The van der Waals surface area contributed by atoms with Gasteiger partial charge < -0.3 is 4.57 Å². The highest BCUT2D eigenvalue weighted by molar-refractivity contribution is 5.59. The Labute approximate surface area is 149 Å². The first-order valence-electron chi connectivity index (χ1n) is 8.58. The second-order valence-electron chi connectivity index (χ2n) is 6.88. The first-order valence-corrected chi connectivity index (χ1v) is 8.58. The number of fused-ring (bicyclic) bond motifs is 2. The van der Waals surface area contributed by atoms with Crippen LogP contribution in [0.15, 0.2) is 46.5 Å². The van der Waals surface area contributed by atoms with Crippen molar-refractivity contribution in [2.45, 2.75) is 39.8 Å². The maximum Gasteiger partial charge on any atom is 0.258 e. The van der Waals surface area contributed by atoms with Crippen LogP contribution in [0, 0.1) is 0 Å². The first-order chi connectivity index (χ1) is 12.4. The third kappa shape index (κ3) is 2.29. The maximum absolute atomic E-state index is 12.5. The Morgan fingerprint density at radius 3 is 2.50 bits per heavy atom. The van der Waals surface area contributed by atoms with Crippen molar-refractivity contribution in [1.29, 1.82) is 0 Å². The number of hydrogen-bond acceptors (Lipinski definition) is 4. The SMILES string of the molecule is CC(C)n1ccc(=O)n2cc(-c3cc(=O)c4nccn4n3C(C)C)nc12. The minimum Gasteiger partial charge on any atom is -0.316 e. The molecule has 0 N–H and O–H groups in total. The molecule has 0 fully saturated rings. The second-order valence-corrected chi connectivity index (χ2v) is 6.88. The molecule has 0 radical (unpaired) electrons. The summed E-state index contributed by atoms with van der Waals surface area (Å²) in [6.45, 7) is 8.11. The zero-order valence-corrected chi connectivity index (χ0v) is 15.1. The van der Waals surface area contributed by atoms with Gasteiger partial charge in [0.25, 0.3) is 5.56 Å². The fraction of sp³-hybridized carbons (Fsp3) is 0.333. The zero-order valence-electron chi connectivity index (χ0n) is 15.1. The summed E-state index contributed by atoms with van der Waals surface area (Å²) in [6.07, 6.45) is 6.79. The van der Waals surface area contributed by atoms with Gasteiger partial charge in [0.05, 0.1) is 5.69 Å². The molecule has 0 aliphatic carbocycles. The topological polar surface area (TPSA) is 78.6 Å². The number of rotatable bonds is 3. The van der Waals surface area contributed by atoms with Crippen LogP contribution in [-0.2, 0) is 0 Å². The van der Waals surface area contributed by atoms with Crippen LogP contribution in [0.4, 0.5) is 0 Å². The average Bonchev–Trinajstić information content (AvgIpc) is 3.21. The van der Waals surface area contributed by atoms with Crippen molar-refractivity contribution in [2.24, 2.45) is 0 Å². The molecule has 26 heavy (non-hydrogen) atoms. The van der Waals surface area contributed by atoms with Gasteiger partial charge in [-0.15, -0.1) is 0 Å². The molecule has 0 aromatic carbocycles. The summed E-state index contributed by atoms with van der Waals surface area (Å²) in [7, 11) is 0. The highest BCUT2D eigenvalue weighted by Gasteiger charge is 2.18. The Balaban J connectivity index is 2.09. The Morgan fingerprint density at radius 1 is 1.04 bits per heavy atom. The van der Waals surface area contributed by atoms with Gasteiger partial charge in [-0.1, -0.05) is 0 Å². The molecule has 8 heteroatoms. The number of imidazole rings is 2. The normalized spacial score (nSPS) is 12.1. The summed E-state index contributed by atoms with van der Waals surface area (Å²) < 4.78 is 7.14. The van der Waals surface area contributed by atoms with Crippen LogP contribution < -0.4 is 11.0 Å². The number of aromatic nitrogens is 6. The maximum atomic E-state index is 12.5. The van der Waals surface area contributed by atoms with E-state index in [1.54, 1.807) is 29.3 Å². The standard InChI is InChI=1S/C18H20N6O2/c1-11(2)21-7-5-16(26)22-10-13(20-18(21)22)14-9-15(25)17-19-6-8-23(17)24(14)12(3)4/h5-12H,1-4H3. The van der Waals surface area contributed by atoms with E-state index in [1.165, 1.54) is 16.5 Å². The van der Waals surface area contributed by atoms with Crippen LogP contribution in [0.3, 0.4) is 0 Å². The Kier molecular flexibility index (Phi) is 3.57. The van der Waals surface area contributed by atoms with E-state index in [4.69, 9.17) is 0 Å². The van der Waals surface area contributed by atoms with Gasteiger partial charge >= 0.3 is 0 Å². The molecule has 0 aliphatic heterocycles. The lowest BCUT2D eigenvalue weighted by Crippen LogP contribution is -2.20. The van der Waals surface area contributed by atoms with Gasteiger partial charge in [-0.25, -0.2) is 14.5 Å². The van der Waals surface area contributed by atoms with E-state index in [0.29, 0.717) is 22.8 Å². The Hall–Kier alpha value is -3.16. The number of hydrogen-bond donors (Lipinski definition) is 0. The third-order valence-corrected chi connectivity index (χ3v) is 4.43. The Bertz CT molecular complexity index is 1240. The Morgan fingerprint density at radius 2 is 1.81 bits per heavy atom. The van der Waals surface area contributed by atoms with E-state index in [-0.39, 0.29) is 23.1 Å². The van der Waals surface area contributed by atoms with E-state index in [1.807, 2.05) is 36.9 Å². The van der Waals surface area contributed by atoms with E-state index < -0.39 is 0 Å². The molecule has 134 valence electrons. The molecule has 8 nitrogen and oxygen atoms in total. The summed E-state index contributed by atoms with van der Waals surface area (Å²) in [5.41, 5.74) is 1.25. The highest BCUT2D eigenvalue weighted by atomic mass is 16.1. The van der Waals surface area contributed by atoms with E-state index >= 15 is 0 Å². The van der Waals surface area contributed by atoms with Crippen molar-refractivity contribution in [1.82, 2.24) is 28.1 Å². The first kappa shape index (κ1) is 16.3.